The first-order chi connectivity index (χ1) is 10.0. The second-order valence-corrected chi connectivity index (χ2v) is 6.73. The molecule has 0 aliphatic rings. The minimum atomic E-state index is -0.0121. The van der Waals surface area contributed by atoms with Gasteiger partial charge in [0.25, 0.3) is 0 Å². The number of imidazole rings is 1. The van der Waals surface area contributed by atoms with E-state index in [0.717, 1.165) is 27.2 Å². The number of fused-ring (bicyclic) bond motifs is 1. The Morgan fingerprint density at radius 3 is 2.62 bits per heavy atom. The fourth-order valence-electron chi connectivity index (χ4n) is 2.50. The maximum Gasteiger partial charge on any atom is 0.328 e. The molecule has 0 amide bonds. The number of halogens is 1. The number of methoxy groups -OCH3 is 1. The lowest BCUT2D eigenvalue weighted by atomic mass is 10.1. The summed E-state index contributed by atoms with van der Waals surface area (Å²) in [6, 6.07) is 8.04. The van der Waals surface area contributed by atoms with Gasteiger partial charge < -0.3 is 4.74 Å². The Morgan fingerprint density at radius 2 is 1.90 bits per heavy atom. The number of hydrogen-bond acceptors (Lipinski definition) is 3. The SMILES string of the molecule is COc1ccsc1C(Br)c1ccc2c(c1)n(C)c(=O)n2C. The van der Waals surface area contributed by atoms with Crippen LogP contribution in [0.5, 0.6) is 5.75 Å². The van der Waals surface area contributed by atoms with Crippen molar-refractivity contribution >= 4 is 38.3 Å². The molecule has 21 heavy (non-hydrogen) atoms. The Morgan fingerprint density at radius 1 is 1.19 bits per heavy atom. The van der Waals surface area contributed by atoms with Crippen LogP contribution in [0.2, 0.25) is 0 Å². The van der Waals surface area contributed by atoms with E-state index in [1.54, 1.807) is 41.7 Å². The Labute approximate surface area is 134 Å². The minimum absolute atomic E-state index is 0.0121. The number of aryl methyl sites for hydroxylation is 2. The van der Waals surface area contributed by atoms with Crippen LogP contribution in [0.15, 0.2) is 34.4 Å². The van der Waals surface area contributed by atoms with Crippen LogP contribution in [0.4, 0.5) is 0 Å². The largest absolute Gasteiger partial charge is 0.496 e. The molecular formula is C15H15BrN2O2S. The van der Waals surface area contributed by atoms with Crippen LogP contribution in [-0.2, 0) is 14.1 Å². The van der Waals surface area contributed by atoms with Crippen LogP contribution in [0.1, 0.15) is 15.3 Å². The highest BCUT2D eigenvalue weighted by Crippen LogP contribution is 2.40. The predicted octanol–water partition coefficient (Wildman–Crippen LogP) is 3.43. The van der Waals surface area contributed by atoms with Crippen LogP contribution >= 0.6 is 27.3 Å². The second kappa shape index (κ2) is 5.35. The summed E-state index contributed by atoms with van der Waals surface area (Å²) in [6.45, 7) is 0. The van der Waals surface area contributed by atoms with Crippen molar-refractivity contribution in [2.45, 2.75) is 4.83 Å². The Hall–Kier alpha value is -1.53. The number of ether oxygens (including phenoxy) is 1. The summed E-state index contributed by atoms with van der Waals surface area (Å²) in [7, 11) is 5.26. The van der Waals surface area contributed by atoms with Gasteiger partial charge in [0.15, 0.2) is 0 Å². The van der Waals surface area contributed by atoms with Gasteiger partial charge >= 0.3 is 5.69 Å². The van der Waals surface area contributed by atoms with Gasteiger partial charge in [0.05, 0.1) is 27.8 Å². The molecule has 0 N–H and O–H groups in total. The maximum atomic E-state index is 12.0. The first kappa shape index (κ1) is 14.4. The van der Waals surface area contributed by atoms with Crippen molar-refractivity contribution in [2.75, 3.05) is 7.11 Å². The van der Waals surface area contributed by atoms with Crippen molar-refractivity contribution in [1.82, 2.24) is 9.13 Å². The summed E-state index contributed by atoms with van der Waals surface area (Å²) in [4.78, 5) is 13.2. The monoisotopic (exact) mass is 366 g/mol. The standard InChI is InChI=1S/C15H15BrN2O2S/c1-17-10-5-4-9(8-11(10)18(2)15(17)19)13(16)14-12(20-3)6-7-21-14/h4-8,13H,1-3H3. The molecule has 1 unspecified atom stereocenters. The zero-order valence-corrected chi connectivity index (χ0v) is 14.4. The number of benzene rings is 1. The van der Waals surface area contributed by atoms with E-state index in [2.05, 4.69) is 22.0 Å². The van der Waals surface area contributed by atoms with Crippen molar-refractivity contribution in [3.05, 3.63) is 50.6 Å². The summed E-state index contributed by atoms with van der Waals surface area (Å²) in [5.41, 5.74) is 2.95. The lowest BCUT2D eigenvalue weighted by molar-refractivity contribution is 0.413. The number of aromatic nitrogens is 2. The van der Waals surface area contributed by atoms with Gasteiger partial charge in [-0.25, -0.2) is 4.79 Å². The fourth-order valence-corrected chi connectivity index (χ4v) is 4.19. The maximum absolute atomic E-state index is 12.0. The smallest absolute Gasteiger partial charge is 0.328 e. The van der Waals surface area contributed by atoms with E-state index in [1.807, 2.05) is 23.6 Å². The number of alkyl halides is 1. The molecule has 6 heteroatoms. The highest BCUT2D eigenvalue weighted by atomic mass is 79.9. The van der Waals surface area contributed by atoms with Gasteiger partial charge in [0.2, 0.25) is 0 Å². The molecule has 0 spiro atoms. The van der Waals surface area contributed by atoms with Crippen molar-refractivity contribution in [3.8, 4) is 5.75 Å². The van der Waals surface area contributed by atoms with Crippen molar-refractivity contribution in [2.24, 2.45) is 14.1 Å². The molecule has 2 heterocycles. The van der Waals surface area contributed by atoms with Gasteiger partial charge in [-0.2, -0.15) is 0 Å². The van der Waals surface area contributed by atoms with E-state index in [-0.39, 0.29) is 10.5 Å². The number of thiophene rings is 1. The van der Waals surface area contributed by atoms with Gasteiger partial charge in [0.1, 0.15) is 5.75 Å². The van der Waals surface area contributed by atoms with E-state index in [4.69, 9.17) is 4.74 Å². The van der Waals surface area contributed by atoms with Gasteiger partial charge in [-0.15, -0.1) is 11.3 Å². The first-order valence-electron chi connectivity index (χ1n) is 6.45. The number of hydrogen-bond donors (Lipinski definition) is 0. The number of rotatable bonds is 3. The van der Waals surface area contributed by atoms with Crippen LogP contribution in [-0.4, -0.2) is 16.2 Å². The van der Waals surface area contributed by atoms with Gasteiger partial charge in [-0.1, -0.05) is 22.0 Å². The molecule has 0 saturated carbocycles. The fraction of sp³-hybridized carbons (Fsp3) is 0.267. The Bertz CT molecular complexity index is 862. The molecule has 0 fully saturated rings. The number of nitrogens with zero attached hydrogens (tertiary/aromatic N) is 2. The summed E-state index contributed by atoms with van der Waals surface area (Å²) >= 11 is 5.39. The van der Waals surface area contributed by atoms with Crippen molar-refractivity contribution < 1.29 is 4.74 Å². The van der Waals surface area contributed by atoms with Gasteiger partial charge in [-0.05, 0) is 29.1 Å². The van der Waals surface area contributed by atoms with E-state index in [9.17, 15) is 4.79 Å². The molecule has 4 nitrogen and oxygen atoms in total. The molecule has 1 atom stereocenters. The minimum Gasteiger partial charge on any atom is -0.496 e. The lowest BCUT2D eigenvalue weighted by Crippen LogP contribution is -2.19. The quantitative estimate of drug-likeness (QED) is 0.665. The average Bonchev–Trinajstić information content (AvgIpc) is 3.06. The molecule has 3 rings (SSSR count). The average molecular weight is 367 g/mol. The molecule has 2 aromatic heterocycles. The third-order valence-electron chi connectivity index (χ3n) is 3.70. The van der Waals surface area contributed by atoms with E-state index >= 15 is 0 Å². The summed E-state index contributed by atoms with van der Waals surface area (Å²) < 4.78 is 8.72. The highest BCUT2D eigenvalue weighted by Gasteiger charge is 2.18. The molecule has 0 radical (unpaired) electrons. The van der Waals surface area contributed by atoms with Gasteiger partial charge in [0, 0.05) is 14.1 Å². The third-order valence-corrected chi connectivity index (χ3v) is 5.95. The molecular weight excluding hydrogens is 352 g/mol. The van der Waals surface area contributed by atoms with Crippen LogP contribution in [0, 0.1) is 0 Å². The van der Waals surface area contributed by atoms with E-state index in [0.29, 0.717) is 0 Å². The zero-order valence-electron chi connectivity index (χ0n) is 12.0. The molecule has 1 aromatic carbocycles. The molecule has 0 saturated heterocycles. The van der Waals surface area contributed by atoms with E-state index < -0.39 is 0 Å². The topological polar surface area (TPSA) is 36.2 Å². The summed E-state index contributed by atoms with van der Waals surface area (Å²) in [5, 5.41) is 2.01. The molecule has 110 valence electrons. The molecule has 3 aromatic rings. The summed E-state index contributed by atoms with van der Waals surface area (Å²) in [5.74, 6) is 0.879. The normalized spacial score (nSPS) is 12.8. The van der Waals surface area contributed by atoms with Crippen LogP contribution in [0.25, 0.3) is 11.0 Å². The van der Waals surface area contributed by atoms with Crippen LogP contribution < -0.4 is 10.4 Å². The summed E-state index contributed by atoms with van der Waals surface area (Å²) in [6.07, 6.45) is 0. The first-order valence-corrected chi connectivity index (χ1v) is 8.25. The van der Waals surface area contributed by atoms with Crippen molar-refractivity contribution in [1.29, 1.82) is 0 Å². The molecule has 0 bridgehead atoms. The van der Waals surface area contributed by atoms with Crippen molar-refractivity contribution in [3.63, 3.8) is 0 Å². The third kappa shape index (κ3) is 2.22. The van der Waals surface area contributed by atoms with Gasteiger partial charge in [-0.3, -0.25) is 9.13 Å². The van der Waals surface area contributed by atoms with Crippen LogP contribution in [0.3, 0.4) is 0 Å². The Kier molecular flexibility index (Phi) is 3.67. The molecule has 0 aliphatic heterocycles. The van der Waals surface area contributed by atoms with E-state index in [1.165, 1.54) is 0 Å². The predicted molar refractivity (Wildman–Crippen MR) is 89.8 cm³/mol. The zero-order chi connectivity index (χ0) is 15.1. The molecule has 0 aliphatic carbocycles. The lowest BCUT2D eigenvalue weighted by Gasteiger charge is -2.11. The highest BCUT2D eigenvalue weighted by molar-refractivity contribution is 9.09. The Balaban J connectivity index is 2.13. The second-order valence-electron chi connectivity index (χ2n) is 4.86.